The molecule has 0 atom stereocenters. The van der Waals surface area contributed by atoms with Gasteiger partial charge in [0.15, 0.2) is 9.84 Å². The summed E-state index contributed by atoms with van der Waals surface area (Å²) in [5.74, 6) is -0.160. The van der Waals surface area contributed by atoms with Gasteiger partial charge in [-0.3, -0.25) is 4.57 Å². The van der Waals surface area contributed by atoms with Crippen LogP contribution in [0.2, 0.25) is 0 Å². The van der Waals surface area contributed by atoms with Gasteiger partial charge in [-0.05, 0) is 23.8 Å². The molecule has 0 amide bonds. The zero-order valence-corrected chi connectivity index (χ0v) is 11.6. The lowest BCUT2D eigenvalue weighted by Gasteiger charge is -2.07. The summed E-state index contributed by atoms with van der Waals surface area (Å²) in [6.07, 6.45) is 2.89. The van der Waals surface area contributed by atoms with E-state index >= 15 is 0 Å². The van der Waals surface area contributed by atoms with E-state index in [9.17, 15) is 13.2 Å². The van der Waals surface area contributed by atoms with Gasteiger partial charge in [0, 0.05) is 25.5 Å². The SMILES string of the molecule is NCc1cccc(S(=O)(=O)CCn2cccnc2=O)c1. The summed E-state index contributed by atoms with van der Waals surface area (Å²) in [6.45, 7) is 0.354. The number of hydrogen-bond acceptors (Lipinski definition) is 5. The van der Waals surface area contributed by atoms with Crippen molar-refractivity contribution < 1.29 is 8.42 Å². The van der Waals surface area contributed by atoms with Gasteiger partial charge in [0.2, 0.25) is 0 Å². The minimum absolute atomic E-state index is 0.0713. The van der Waals surface area contributed by atoms with Gasteiger partial charge in [-0.2, -0.15) is 0 Å². The van der Waals surface area contributed by atoms with E-state index in [0.717, 1.165) is 5.56 Å². The highest BCUT2D eigenvalue weighted by molar-refractivity contribution is 7.91. The van der Waals surface area contributed by atoms with Crippen molar-refractivity contribution in [3.05, 3.63) is 58.8 Å². The largest absolute Gasteiger partial charge is 0.347 e. The zero-order valence-electron chi connectivity index (χ0n) is 10.8. The lowest BCUT2D eigenvalue weighted by Crippen LogP contribution is -2.25. The van der Waals surface area contributed by atoms with Crippen LogP contribution in [-0.4, -0.2) is 23.7 Å². The summed E-state index contributed by atoms with van der Waals surface area (Å²) in [5, 5.41) is 0. The summed E-state index contributed by atoms with van der Waals surface area (Å²) in [6, 6.07) is 8.10. The number of sulfone groups is 1. The Morgan fingerprint density at radius 1 is 1.25 bits per heavy atom. The molecule has 0 aliphatic heterocycles. The molecule has 1 aromatic heterocycles. The number of hydrogen-bond donors (Lipinski definition) is 1. The van der Waals surface area contributed by atoms with E-state index in [1.165, 1.54) is 23.0 Å². The van der Waals surface area contributed by atoms with Crippen molar-refractivity contribution in [1.29, 1.82) is 0 Å². The molecule has 0 saturated heterocycles. The van der Waals surface area contributed by atoms with Gasteiger partial charge in [0.25, 0.3) is 0 Å². The van der Waals surface area contributed by atoms with Gasteiger partial charge < -0.3 is 5.73 Å². The average molecular weight is 293 g/mol. The minimum atomic E-state index is -3.45. The molecular formula is C13H15N3O3S. The Labute approximate surface area is 116 Å². The maximum Gasteiger partial charge on any atom is 0.347 e. The predicted octanol–water partition coefficient (Wildman–Crippen LogP) is 0.176. The molecule has 2 rings (SSSR count). The standard InChI is InChI=1S/C13H15N3O3S/c14-10-11-3-1-4-12(9-11)20(18,19)8-7-16-6-2-5-15-13(16)17/h1-6,9H,7-8,10,14H2. The third kappa shape index (κ3) is 3.31. The summed E-state index contributed by atoms with van der Waals surface area (Å²) in [5.41, 5.74) is 5.79. The van der Waals surface area contributed by atoms with E-state index in [-0.39, 0.29) is 23.7 Å². The van der Waals surface area contributed by atoms with Crippen LogP contribution in [0.3, 0.4) is 0 Å². The van der Waals surface area contributed by atoms with Crippen LogP contribution in [-0.2, 0) is 22.9 Å². The van der Waals surface area contributed by atoms with Crippen molar-refractivity contribution in [1.82, 2.24) is 9.55 Å². The Kier molecular flexibility index (Phi) is 4.31. The van der Waals surface area contributed by atoms with Crippen molar-refractivity contribution in [2.24, 2.45) is 5.73 Å². The number of aryl methyl sites for hydroxylation is 1. The predicted molar refractivity (Wildman–Crippen MR) is 74.9 cm³/mol. The second-order valence-corrected chi connectivity index (χ2v) is 6.38. The molecule has 2 N–H and O–H groups in total. The van der Waals surface area contributed by atoms with Crippen LogP contribution in [0.25, 0.3) is 0 Å². The van der Waals surface area contributed by atoms with Gasteiger partial charge in [-0.15, -0.1) is 0 Å². The van der Waals surface area contributed by atoms with Crippen LogP contribution < -0.4 is 11.4 Å². The number of nitrogens with two attached hydrogens (primary N) is 1. The van der Waals surface area contributed by atoms with Gasteiger partial charge in [0.05, 0.1) is 10.6 Å². The maximum atomic E-state index is 12.2. The molecule has 6 nitrogen and oxygen atoms in total. The van der Waals surface area contributed by atoms with Crippen molar-refractivity contribution >= 4 is 9.84 Å². The fraction of sp³-hybridized carbons (Fsp3) is 0.231. The quantitative estimate of drug-likeness (QED) is 0.848. The maximum absolute atomic E-state index is 12.2. The van der Waals surface area contributed by atoms with Crippen LogP contribution in [0, 0.1) is 0 Å². The smallest absolute Gasteiger partial charge is 0.326 e. The van der Waals surface area contributed by atoms with Crippen LogP contribution in [0.15, 0.2) is 52.4 Å². The second kappa shape index (κ2) is 5.98. The first kappa shape index (κ1) is 14.4. The second-order valence-electron chi connectivity index (χ2n) is 4.27. The molecule has 20 heavy (non-hydrogen) atoms. The fourth-order valence-corrected chi connectivity index (χ4v) is 3.05. The first-order valence-corrected chi connectivity index (χ1v) is 7.71. The summed E-state index contributed by atoms with van der Waals surface area (Å²) >= 11 is 0. The normalized spacial score (nSPS) is 11.4. The molecule has 0 saturated carbocycles. The van der Waals surface area contributed by atoms with Gasteiger partial charge >= 0.3 is 5.69 Å². The zero-order chi connectivity index (χ0) is 14.6. The highest BCUT2D eigenvalue weighted by Crippen LogP contribution is 2.13. The van der Waals surface area contributed by atoms with E-state index in [0.29, 0.717) is 0 Å². The number of rotatable bonds is 5. The Hall–Kier alpha value is -1.99. The van der Waals surface area contributed by atoms with E-state index < -0.39 is 15.5 Å². The van der Waals surface area contributed by atoms with Crippen LogP contribution in [0.1, 0.15) is 5.56 Å². The van der Waals surface area contributed by atoms with Crippen molar-refractivity contribution in [3.63, 3.8) is 0 Å². The summed E-state index contributed by atoms with van der Waals surface area (Å²) in [7, 11) is -3.45. The molecular weight excluding hydrogens is 278 g/mol. The van der Waals surface area contributed by atoms with Crippen molar-refractivity contribution in [3.8, 4) is 0 Å². The fourth-order valence-electron chi connectivity index (χ4n) is 1.76. The molecule has 0 spiro atoms. The minimum Gasteiger partial charge on any atom is -0.326 e. The third-order valence-corrected chi connectivity index (χ3v) is 4.57. The van der Waals surface area contributed by atoms with E-state index in [1.54, 1.807) is 24.3 Å². The van der Waals surface area contributed by atoms with E-state index in [4.69, 9.17) is 5.73 Å². The molecule has 1 heterocycles. The Balaban J connectivity index is 2.19. The molecule has 106 valence electrons. The molecule has 0 aliphatic rings. The average Bonchev–Trinajstić information content (AvgIpc) is 2.46. The first-order chi connectivity index (χ1) is 9.53. The summed E-state index contributed by atoms with van der Waals surface area (Å²) in [4.78, 5) is 15.2. The molecule has 7 heteroatoms. The lowest BCUT2D eigenvalue weighted by atomic mass is 10.2. The monoisotopic (exact) mass is 293 g/mol. The lowest BCUT2D eigenvalue weighted by molar-refractivity contribution is 0.585. The third-order valence-electron chi connectivity index (χ3n) is 2.88. The molecule has 1 aromatic carbocycles. The van der Waals surface area contributed by atoms with E-state index in [2.05, 4.69) is 4.98 Å². The van der Waals surface area contributed by atoms with Crippen molar-refractivity contribution in [2.75, 3.05) is 5.75 Å². The molecule has 0 aliphatic carbocycles. The van der Waals surface area contributed by atoms with Crippen molar-refractivity contribution in [2.45, 2.75) is 18.0 Å². The van der Waals surface area contributed by atoms with Gasteiger partial charge in [0.1, 0.15) is 0 Å². The highest BCUT2D eigenvalue weighted by atomic mass is 32.2. The Bertz CT molecular complexity index is 753. The molecule has 0 unspecified atom stereocenters. The molecule has 0 fully saturated rings. The van der Waals surface area contributed by atoms with E-state index in [1.807, 2.05) is 0 Å². The van der Waals surface area contributed by atoms with Crippen LogP contribution >= 0.6 is 0 Å². The molecule has 2 aromatic rings. The van der Waals surface area contributed by atoms with Crippen LogP contribution in [0.5, 0.6) is 0 Å². The van der Waals surface area contributed by atoms with Gasteiger partial charge in [-0.1, -0.05) is 12.1 Å². The summed E-state index contributed by atoms with van der Waals surface area (Å²) < 4.78 is 25.7. The van der Waals surface area contributed by atoms with Gasteiger partial charge in [-0.25, -0.2) is 18.2 Å². The topological polar surface area (TPSA) is 95.1 Å². The Morgan fingerprint density at radius 3 is 2.75 bits per heavy atom. The van der Waals surface area contributed by atoms with Crippen LogP contribution in [0.4, 0.5) is 0 Å². The number of nitrogens with zero attached hydrogens (tertiary/aromatic N) is 2. The number of aromatic nitrogens is 2. The first-order valence-electron chi connectivity index (χ1n) is 6.06. The Morgan fingerprint density at radius 2 is 2.05 bits per heavy atom. The molecule has 0 radical (unpaired) electrons. The number of benzene rings is 1. The highest BCUT2D eigenvalue weighted by Gasteiger charge is 2.15. The molecule has 0 bridgehead atoms.